The van der Waals surface area contributed by atoms with Crippen LogP contribution < -0.4 is 5.32 Å². The first-order valence-corrected chi connectivity index (χ1v) is 12.3. The molecule has 0 bridgehead atoms. The van der Waals surface area contributed by atoms with Crippen LogP contribution in [0, 0.1) is 5.92 Å². The summed E-state index contributed by atoms with van der Waals surface area (Å²) < 4.78 is 27.5. The SMILES string of the molecule is O=C(NCc1cccc2ccccc12)[C@@H]1CCCN(S(=O)(=O)c2cc(Cl)ccc2Cl)C1. The lowest BCUT2D eigenvalue weighted by Crippen LogP contribution is -2.45. The summed E-state index contributed by atoms with van der Waals surface area (Å²) in [4.78, 5) is 12.8. The molecule has 0 aromatic heterocycles. The van der Waals surface area contributed by atoms with E-state index in [1.807, 2.05) is 42.5 Å². The number of carbonyl (C=O) groups is 1. The predicted molar refractivity (Wildman–Crippen MR) is 124 cm³/mol. The Bertz CT molecular complexity index is 1230. The van der Waals surface area contributed by atoms with Gasteiger partial charge in [0, 0.05) is 24.7 Å². The summed E-state index contributed by atoms with van der Waals surface area (Å²) in [6, 6.07) is 18.4. The van der Waals surface area contributed by atoms with Gasteiger partial charge in [0.25, 0.3) is 0 Å². The Morgan fingerprint density at radius 2 is 1.84 bits per heavy atom. The molecule has 1 N–H and O–H groups in total. The van der Waals surface area contributed by atoms with Crippen molar-refractivity contribution in [3.8, 4) is 0 Å². The van der Waals surface area contributed by atoms with Crippen LogP contribution in [0.1, 0.15) is 18.4 Å². The number of nitrogens with zero attached hydrogens (tertiary/aromatic N) is 1. The molecule has 0 radical (unpaired) electrons. The fourth-order valence-electron chi connectivity index (χ4n) is 3.96. The summed E-state index contributed by atoms with van der Waals surface area (Å²) in [5.41, 5.74) is 1.03. The molecule has 3 aromatic carbocycles. The topological polar surface area (TPSA) is 66.5 Å². The van der Waals surface area contributed by atoms with E-state index in [0.717, 1.165) is 16.3 Å². The lowest BCUT2D eigenvalue weighted by Gasteiger charge is -2.31. The third-order valence-corrected chi connectivity index (χ3v) is 8.18. The third-order valence-electron chi connectivity index (χ3n) is 5.60. The molecular formula is C23H22Cl2N2O3S. The molecular weight excluding hydrogens is 455 g/mol. The van der Waals surface area contributed by atoms with E-state index in [4.69, 9.17) is 23.2 Å². The van der Waals surface area contributed by atoms with Crippen LogP contribution in [0.2, 0.25) is 10.0 Å². The van der Waals surface area contributed by atoms with Crippen molar-refractivity contribution in [1.82, 2.24) is 9.62 Å². The van der Waals surface area contributed by atoms with Crippen LogP contribution >= 0.6 is 23.2 Å². The molecule has 1 aliphatic rings. The second kappa shape index (κ2) is 9.17. The lowest BCUT2D eigenvalue weighted by atomic mass is 9.98. The second-order valence-electron chi connectivity index (χ2n) is 7.63. The molecule has 31 heavy (non-hydrogen) atoms. The molecule has 1 saturated heterocycles. The fraction of sp³-hybridized carbons (Fsp3) is 0.261. The van der Waals surface area contributed by atoms with Gasteiger partial charge in [0.1, 0.15) is 4.90 Å². The lowest BCUT2D eigenvalue weighted by molar-refractivity contribution is -0.126. The van der Waals surface area contributed by atoms with Crippen molar-refractivity contribution in [3.05, 3.63) is 76.3 Å². The van der Waals surface area contributed by atoms with E-state index >= 15 is 0 Å². The fourth-order valence-corrected chi connectivity index (χ4v) is 6.22. The summed E-state index contributed by atoms with van der Waals surface area (Å²) in [5, 5.41) is 5.60. The zero-order valence-corrected chi connectivity index (χ0v) is 19.1. The van der Waals surface area contributed by atoms with Crippen LogP contribution in [-0.4, -0.2) is 31.7 Å². The number of amides is 1. The maximum atomic E-state index is 13.1. The molecule has 162 valence electrons. The Labute approximate surface area is 192 Å². The minimum Gasteiger partial charge on any atom is -0.352 e. The van der Waals surface area contributed by atoms with E-state index in [2.05, 4.69) is 5.32 Å². The van der Waals surface area contributed by atoms with Crippen molar-refractivity contribution in [1.29, 1.82) is 0 Å². The maximum absolute atomic E-state index is 13.1. The van der Waals surface area contributed by atoms with Crippen LogP contribution in [0.4, 0.5) is 0 Å². The van der Waals surface area contributed by atoms with Gasteiger partial charge in [0.2, 0.25) is 15.9 Å². The summed E-state index contributed by atoms with van der Waals surface area (Å²) in [5.74, 6) is -0.568. The normalized spacial score (nSPS) is 17.5. The largest absolute Gasteiger partial charge is 0.352 e. The van der Waals surface area contributed by atoms with Crippen LogP contribution in [0.15, 0.2) is 65.6 Å². The smallest absolute Gasteiger partial charge is 0.244 e. The summed E-state index contributed by atoms with van der Waals surface area (Å²) >= 11 is 12.1. The molecule has 1 atom stereocenters. The van der Waals surface area contributed by atoms with Crippen molar-refractivity contribution < 1.29 is 13.2 Å². The molecule has 0 saturated carbocycles. The average molecular weight is 477 g/mol. The standard InChI is InChI=1S/C23H22Cl2N2O3S/c24-19-10-11-21(25)22(13-19)31(29,30)27-12-4-8-18(15-27)23(28)26-14-17-7-3-6-16-5-1-2-9-20(16)17/h1-3,5-7,9-11,13,18H,4,8,12,14-15H2,(H,26,28)/t18-/m1/s1. The Morgan fingerprint density at radius 3 is 2.68 bits per heavy atom. The van der Waals surface area contributed by atoms with Gasteiger partial charge in [-0.05, 0) is 47.4 Å². The van der Waals surface area contributed by atoms with Gasteiger partial charge in [-0.15, -0.1) is 0 Å². The summed E-state index contributed by atoms with van der Waals surface area (Å²) in [7, 11) is -3.84. The highest BCUT2D eigenvalue weighted by Gasteiger charge is 2.34. The number of rotatable bonds is 5. The molecule has 1 amide bonds. The van der Waals surface area contributed by atoms with Crippen LogP contribution in [0.5, 0.6) is 0 Å². The first-order chi connectivity index (χ1) is 14.9. The molecule has 0 spiro atoms. The van der Waals surface area contributed by atoms with Gasteiger partial charge in [-0.25, -0.2) is 8.42 Å². The van der Waals surface area contributed by atoms with E-state index in [9.17, 15) is 13.2 Å². The average Bonchev–Trinajstić information content (AvgIpc) is 2.79. The minimum absolute atomic E-state index is 0.0292. The zero-order valence-electron chi connectivity index (χ0n) is 16.7. The van der Waals surface area contributed by atoms with Gasteiger partial charge in [-0.1, -0.05) is 65.7 Å². The highest BCUT2D eigenvalue weighted by Crippen LogP contribution is 2.30. The van der Waals surface area contributed by atoms with E-state index < -0.39 is 15.9 Å². The van der Waals surface area contributed by atoms with E-state index in [-0.39, 0.29) is 22.4 Å². The predicted octanol–water partition coefficient (Wildman–Crippen LogP) is 4.86. The van der Waals surface area contributed by atoms with Gasteiger partial charge in [-0.3, -0.25) is 4.79 Å². The molecule has 1 fully saturated rings. The van der Waals surface area contributed by atoms with Crippen LogP contribution in [0.3, 0.4) is 0 Å². The Morgan fingerprint density at radius 1 is 1.06 bits per heavy atom. The van der Waals surface area contributed by atoms with Crippen molar-refractivity contribution >= 4 is 49.9 Å². The Hall–Kier alpha value is -2.12. The van der Waals surface area contributed by atoms with Crippen molar-refractivity contribution in [3.63, 3.8) is 0 Å². The highest BCUT2D eigenvalue weighted by molar-refractivity contribution is 7.89. The van der Waals surface area contributed by atoms with Gasteiger partial charge in [-0.2, -0.15) is 4.31 Å². The molecule has 3 aromatic rings. The molecule has 1 heterocycles. The number of halogens is 2. The molecule has 4 rings (SSSR count). The van der Waals surface area contributed by atoms with Crippen molar-refractivity contribution in [2.24, 2.45) is 5.92 Å². The zero-order chi connectivity index (χ0) is 22.0. The van der Waals surface area contributed by atoms with E-state index in [1.54, 1.807) is 6.07 Å². The number of hydrogen-bond acceptors (Lipinski definition) is 3. The molecule has 0 unspecified atom stereocenters. The van der Waals surface area contributed by atoms with Crippen molar-refractivity contribution in [2.45, 2.75) is 24.3 Å². The van der Waals surface area contributed by atoms with Crippen molar-refractivity contribution in [2.75, 3.05) is 13.1 Å². The van der Waals surface area contributed by atoms with Gasteiger partial charge in [0.05, 0.1) is 10.9 Å². The number of hydrogen-bond donors (Lipinski definition) is 1. The Balaban J connectivity index is 1.47. The Kier molecular flexibility index (Phi) is 6.53. The first-order valence-electron chi connectivity index (χ1n) is 10.1. The molecule has 5 nitrogen and oxygen atoms in total. The van der Waals surface area contributed by atoms with Crippen LogP contribution in [-0.2, 0) is 21.4 Å². The molecule has 0 aliphatic carbocycles. The van der Waals surface area contributed by atoms with Gasteiger partial charge in [0.15, 0.2) is 0 Å². The van der Waals surface area contributed by atoms with E-state index in [1.165, 1.54) is 16.4 Å². The molecule has 8 heteroatoms. The van der Waals surface area contributed by atoms with E-state index in [0.29, 0.717) is 31.0 Å². The van der Waals surface area contributed by atoms with Gasteiger partial charge < -0.3 is 5.32 Å². The highest BCUT2D eigenvalue weighted by atomic mass is 35.5. The number of piperidine rings is 1. The van der Waals surface area contributed by atoms with Crippen LogP contribution in [0.25, 0.3) is 10.8 Å². The maximum Gasteiger partial charge on any atom is 0.244 e. The number of carbonyl (C=O) groups excluding carboxylic acids is 1. The summed E-state index contributed by atoms with van der Waals surface area (Å²) in [6.07, 6.45) is 1.24. The number of fused-ring (bicyclic) bond motifs is 1. The number of benzene rings is 3. The first kappa shape index (κ1) is 22.1. The summed E-state index contributed by atoms with van der Waals surface area (Å²) in [6.45, 7) is 0.856. The number of nitrogens with one attached hydrogen (secondary N) is 1. The number of sulfonamides is 1. The van der Waals surface area contributed by atoms with Gasteiger partial charge >= 0.3 is 0 Å². The second-order valence-corrected chi connectivity index (χ2v) is 10.4. The quantitative estimate of drug-likeness (QED) is 0.571. The minimum atomic E-state index is -3.84. The third kappa shape index (κ3) is 4.72. The monoisotopic (exact) mass is 476 g/mol. The molecule has 1 aliphatic heterocycles.